The van der Waals surface area contributed by atoms with Crippen LogP contribution in [0.2, 0.25) is 0 Å². The van der Waals surface area contributed by atoms with Crippen LogP contribution in [0.5, 0.6) is 0 Å². The molecule has 5 heteroatoms. The molecule has 114 valence electrons. The average molecular weight is 308 g/mol. The molecule has 3 heterocycles. The molecular formula is C16H22ClN3O. The zero-order valence-electron chi connectivity index (χ0n) is 12.9. The van der Waals surface area contributed by atoms with Crippen LogP contribution in [0.25, 0.3) is 11.2 Å². The van der Waals surface area contributed by atoms with E-state index in [-0.39, 0.29) is 10.8 Å². The summed E-state index contributed by atoms with van der Waals surface area (Å²) >= 11 is 6.35. The van der Waals surface area contributed by atoms with Crippen LogP contribution in [0.1, 0.15) is 43.5 Å². The van der Waals surface area contributed by atoms with Crippen molar-refractivity contribution in [3.8, 4) is 0 Å². The number of imidazole rings is 1. The number of aromatic nitrogens is 3. The summed E-state index contributed by atoms with van der Waals surface area (Å²) in [4.78, 5) is 9.30. The molecule has 0 saturated carbocycles. The number of alkyl halides is 1. The Bertz CT molecular complexity index is 644. The Hall–Kier alpha value is -1.13. The van der Waals surface area contributed by atoms with Crippen molar-refractivity contribution < 1.29 is 4.74 Å². The van der Waals surface area contributed by atoms with Crippen LogP contribution >= 0.6 is 11.6 Å². The number of aryl methyl sites for hydroxylation is 1. The molecule has 0 amide bonds. The maximum atomic E-state index is 6.35. The Kier molecular flexibility index (Phi) is 3.93. The molecule has 0 spiro atoms. The fourth-order valence-electron chi connectivity index (χ4n) is 2.99. The lowest BCUT2D eigenvalue weighted by molar-refractivity contribution is 0.0156. The predicted octanol–water partition coefficient (Wildman–Crippen LogP) is 3.86. The van der Waals surface area contributed by atoms with E-state index in [0.717, 1.165) is 55.2 Å². The van der Waals surface area contributed by atoms with Gasteiger partial charge in [-0.3, -0.25) is 0 Å². The van der Waals surface area contributed by atoms with Crippen molar-refractivity contribution in [2.75, 3.05) is 13.2 Å². The topological polar surface area (TPSA) is 39.9 Å². The summed E-state index contributed by atoms with van der Waals surface area (Å²) in [5.41, 5.74) is 3.22. The second-order valence-corrected chi connectivity index (χ2v) is 7.11. The maximum absolute atomic E-state index is 6.35. The largest absolute Gasteiger partial charge is 0.381 e. The van der Waals surface area contributed by atoms with E-state index < -0.39 is 0 Å². The summed E-state index contributed by atoms with van der Waals surface area (Å²) in [6.07, 6.45) is 4.03. The standard InChI is InChI=1S/C16H22ClN3O/c1-11-8-13-15(18-9-11)20(14(19-13)12(2)17)10-16(3)4-6-21-7-5-16/h8-9,12H,4-7,10H2,1-3H3. The van der Waals surface area contributed by atoms with Crippen molar-refractivity contribution in [3.05, 3.63) is 23.7 Å². The van der Waals surface area contributed by atoms with Gasteiger partial charge in [-0.1, -0.05) is 6.92 Å². The Balaban J connectivity index is 2.04. The molecule has 0 N–H and O–H groups in total. The minimum absolute atomic E-state index is 0.122. The lowest BCUT2D eigenvalue weighted by atomic mass is 9.82. The molecule has 2 aromatic rings. The molecule has 1 unspecified atom stereocenters. The minimum atomic E-state index is -0.122. The van der Waals surface area contributed by atoms with Gasteiger partial charge in [0.15, 0.2) is 5.65 Å². The number of hydrogen-bond donors (Lipinski definition) is 0. The third-order valence-corrected chi connectivity index (χ3v) is 4.54. The molecule has 3 rings (SSSR count). The highest BCUT2D eigenvalue weighted by atomic mass is 35.5. The van der Waals surface area contributed by atoms with Crippen molar-refractivity contribution in [2.45, 2.75) is 45.5 Å². The Morgan fingerprint density at radius 1 is 1.43 bits per heavy atom. The normalized spacial score (nSPS) is 19.8. The molecule has 4 nitrogen and oxygen atoms in total. The molecule has 1 saturated heterocycles. The molecule has 0 aliphatic carbocycles. The van der Waals surface area contributed by atoms with Gasteiger partial charge in [0, 0.05) is 26.0 Å². The van der Waals surface area contributed by atoms with Crippen LogP contribution in [0, 0.1) is 12.3 Å². The van der Waals surface area contributed by atoms with Crippen molar-refractivity contribution >= 4 is 22.8 Å². The third kappa shape index (κ3) is 2.92. The summed E-state index contributed by atoms with van der Waals surface area (Å²) in [7, 11) is 0. The number of halogens is 1. The molecule has 0 radical (unpaired) electrons. The molecule has 0 aromatic carbocycles. The molecular weight excluding hydrogens is 286 g/mol. The van der Waals surface area contributed by atoms with Gasteiger partial charge in [-0.2, -0.15) is 0 Å². The van der Waals surface area contributed by atoms with Crippen LogP contribution in [-0.2, 0) is 11.3 Å². The Labute approximate surface area is 130 Å². The third-order valence-electron chi connectivity index (χ3n) is 4.35. The van der Waals surface area contributed by atoms with E-state index in [1.807, 2.05) is 20.0 Å². The van der Waals surface area contributed by atoms with Crippen molar-refractivity contribution in [1.29, 1.82) is 0 Å². The predicted molar refractivity (Wildman–Crippen MR) is 84.7 cm³/mol. The first-order valence-corrected chi connectivity index (χ1v) is 7.97. The Morgan fingerprint density at radius 2 is 2.14 bits per heavy atom. The molecule has 1 aliphatic heterocycles. The fourth-order valence-corrected chi connectivity index (χ4v) is 3.16. The lowest BCUT2D eigenvalue weighted by Crippen LogP contribution is -2.31. The van der Waals surface area contributed by atoms with Gasteiger partial charge in [-0.25, -0.2) is 9.97 Å². The number of pyridine rings is 1. The summed E-state index contributed by atoms with van der Waals surface area (Å²) < 4.78 is 7.70. The number of nitrogens with zero attached hydrogens (tertiary/aromatic N) is 3. The van der Waals surface area contributed by atoms with Gasteiger partial charge in [0.2, 0.25) is 0 Å². The van der Waals surface area contributed by atoms with E-state index in [2.05, 4.69) is 22.5 Å². The van der Waals surface area contributed by atoms with Crippen molar-refractivity contribution in [2.24, 2.45) is 5.41 Å². The highest BCUT2D eigenvalue weighted by Gasteiger charge is 2.30. The lowest BCUT2D eigenvalue weighted by Gasteiger charge is -2.34. The zero-order chi connectivity index (χ0) is 15.0. The number of ether oxygens (including phenoxy) is 1. The second-order valence-electron chi connectivity index (χ2n) is 6.45. The quantitative estimate of drug-likeness (QED) is 0.808. The van der Waals surface area contributed by atoms with Gasteiger partial charge in [0.05, 0.1) is 5.38 Å². The maximum Gasteiger partial charge on any atom is 0.160 e. The first-order valence-electron chi connectivity index (χ1n) is 7.53. The van der Waals surface area contributed by atoms with Crippen LogP contribution in [-0.4, -0.2) is 27.7 Å². The van der Waals surface area contributed by atoms with Gasteiger partial charge in [0.25, 0.3) is 0 Å². The van der Waals surface area contributed by atoms with E-state index in [9.17, 15) is 0 Å². The van der Waals surface area contributed by atoms with Crippen LogP contribution in [0.3, 0.4) is 0 Å². The van der Waals surface area contributed by atoms with Crippen LogP contribution in [0.15, 0.2) is 12.3 Å². The summed E-state index contributed by atoms with van der Waals surface area (Å²) in [6, 6.07) is 2.08. The van der Waals surface area contributed by atoms with Crippen molar-refractivity contribution in [3.63, 3.8) is 0 Å². The van der Waals surface area contributed by atoms with Gasteiger partial charge < -0.3 is 9.30 Å². The first kappa shape index (κ1) is 14.8. The second kappa shape index (κ2) is 5.58. The zero-order valence-corrected chi connectivity index (χ0v) is 13.7. The van der Waals surface area contributed by atoms with Crippen LogP contribution in [0.4, 0.5) is 0 Å². The van der Waals surface area contributed by atoms with Crippen LogP contribution < -0.4 is 0 Å². The van der Waals surface area contributed by atoms with Gasteiger partial charge in [-0.15, -0.1) is 11.6 Å². The number of rotatable bonds is 3. The van der Waals surface area contributed by atoms with Gasteiger partial charge in [0.1, 0.15) is 11.3 Å². The monoisotopic (exact) mass is 307 g/mol. The minimum Gasteiger partial charge on any atom is -0.381 e. The smallest absolute Gasteiger partial charge is 0.160 e. The molecule has 1 fully saturated rings. The van der Waals surface area contributed by atoms with Gasteiger partial charge in [-0.05, 0) is 43.7 Å². The van der Waals surface area contributed by atoms with E-state index >= 15 is 0 Å². The molecule has 1 aliphatic rings. The number of hydrogen-bond acceptors (Lipinski definition) is 3. The fraction of sp³-hybridized carbons (Fsp3) is 0.625. The molecule has 2 aromatic heterocycles. The highest BCUT2D eigenvalue weighted by molar-refractivity contribution is 6.20. The molecule has 1 atom stereocenters. The van der Waals surface area contributed by atoms with E-state index in [1.165, 1.54) is 0 Å². The van der Waals surface area contributed by atoms with E-state index in [4.69, 9.17) is 21.3 Å². The highest BCUT2D eigenvalue weighted by Crippen LogP contribution is 2.34. The summed E-state index contributed by atoms with van der Waals surface area (Å²) in [5.74, 6) is 0.914. The average Bonchev–Trinajstić information content (AvgIpc) is 2.77. The van der Waals surface area contributed by atoms with E-state index in [0.29, 0.717) is 0 Å². The molecule has 0 bridgehead atoms. The summed E-state index contributed by atoms with van der Waals surface area (Å²) in [6.45, 7) is 8.89. The van der Waals surface area contributed by atoms with Gasteiger partial charge >= 0.3 is 0 Å². The molecule has 21 heavy (non-hydrogen) atoms. The van der Waals surface area contributed by atoms with Crippen molar-refractivity contribution in [1.82, 2.24) is 14.5 Å². The summed E-state index contributed by atoms with van der Waals surface area (Å²) in [5, 5.41) is -0.122. The number of fused-ring (bicyclic) bond motifs is 1. The first-order chi connectivity index (χ1) is 9.98. The van der Waals surface area contributed by atoms with E-state index in [1.54, 1.807) is 0 Å². The Morgan fingerprint density at radius 3 is 2.81 bits per heavy atom. The SMILES string of the molecule is Cc1cnc2c(c1)nc(C(C)Cl)n2CC1(C)CCOCC1.